The van der Waals surface area contributed by atoms with E-state index in [4.69, 9.17) is 11.6 Å². The molecule has 0 spiro atoms. The predicted octanol–water partition coefficient (Wildman–Crippen LogP) is 3.98. The van der Waals surface area contributed by atoms with E-state index in [0.29, 0.717) is 15.9 Å². The summed E-state index contributed by atoms with van der Waals surface area (Å²) in [5, 5.41) is 3.49. The summed E-state index contributed by atoms with van der Waals surface area (Å²) >= 11 is 6.10. The van der Waals surface area contributed by atoms with Gasteiger partial charge < -0.3 is 10.3 Å². The summed E-state index contributed by atoms with van der Waals surface area (Å²) in [4.78, 5) is 19.9. The Bertz CT molecular complexity index is 1290. The first-order valence-electron chi connectivity index (χ1n) is 8.75. The van der Waals surface area contributed by atoms with Crippen molar-refractivity contribution < 1.29 is 13.2 Å². The summed E-state index contributed by atoms with van der Waals surface area (Å²) in [5.41, 5.74) is 1.28. The van der Waals surface area contributed by atoms with Crippen LogP contribution in [0.15, 0.2) is 82.8 Å². The highest BCUT2D eigenvalue weighted by molar-refractivity contribution is 7.91. The van der Waals surface area contributed by atoms with Gasteiger partial charge in [0.2, 0.25) is 9.84 Å². The van der Waals surface area contributed by atoms with E-state index in [0.717, 1.165) is 5.56 Å². The van der Waals surface area contributed by atoms with Crippen LogP contribution in [0.2, 0.25) is 5.02 Å². The molecule has 0 aliphatic heterocycles. The van der Waals surface area contributed by atoms with Crippen LogP contribution in [0.1, 0.15) is 16.1 Å². The van der Waals surface area contributed by atoms with Crippen LogP contribution in [0.25, 0.3) is 10.9 Å². The summed E-state index contributed by atoms with van der Waals surface area (Å²) in [6, 6.07) is 16.4. The zero-order chi connectivity index (χ0) is 20.4. The van der Waals surface area contributed by atoms with E-state index in [1.54, 1.807) is 54.9 Å². The Morgan fingerprint density at radius 2 is 1.86 bits per heavy atom. The Kier molecular flexibility index (Phi) is 5.08. The minimum atomic E-state index is -3.96. The first-order chi connectivity index (χ1) is 14.0. The molecule has 0 atom stereocenters. The molecule has 6 nitrogen and oxygen atoms in total. The quantitative estimate of drug-likeness (QED) is 0.506. The number of H-pyrrole nitrogens is 1. The van der Waals surface area contributed by atoms with E-state index < -0.39 is 15.7 Å². The number of benzene rings is 2. The summed E-state index contributed by atoms with van der Waals surface area (Å²) < 4.78 is 26.7. The molecule has 0 saturated heterocycles. The average molecular weight is 426 g/mol. The third-order valence-electron chi connectivity index (χ3n) is 4.44. The van der Waals surface area contributed by atoms with Crippen molar-refractivity contribution in [1.29, 1.82) is 0 Å². The maximum atomic E-state index is 13.4. The van der Waals surface area contributed by atoms with Crippen LogP contribution in [0.3, 0.4) is 0 Å². The van der Waals surface area contributed by atoms with Gasteiger partial charge in [0.25, 0.3) is 5.91 Å². The number of carbonyl (C=O) groups excluding carboxylic acids is 1. The highest BCUT2D eigenvalue weighted by Crippen LogP contribution is 2.33. The molecule has 0 aliphatic carbocycles. The fourth-order valence-corrected chi connectivity index (χ4v) is 4.86. The molecule has 1 amide bonds. The number of fused-ring (bicyclic) bond motifs is 1. The Morgan fingerprint density at radius 3 is 2.59 bits per heavy atom. The van der Waals surface area contributed by atoms with E-state index in [-0.39, 0.29) is 22.0 Å². The van der Waals surface area contributed by atoms with Crippen molar-refractivity contribution in [3.8, 4) is 0 Å². The molecule has 29 heavy (non-hydrogen) atoms. The number of amides is 1. The van der Waals surface area contributed by atoms with Crippen molar-refractivity contribution in [3.05, 3.63) is 89.3 Å². The molecule has 0 unspecified atom stereocenters. The molecule has 0 saturated carbocycles. The number of rotatable bonds is 5. The Labute approximate surface area is 172 Å². The first kappa shape index (κ1) is 19.2. The molecular formula is C21H16ClN3O3S. The van der Waals surface area contributed by atoms with Gasteiger partial charge in [-0.1, -0.05) is 35.9 Å². The van der Waals surface area contributed by atoms with Gasteiger partial charge in [0.15, 0.2) is 0 Å². The van der Waals surface area contributed by atoms with Crippen LogP contribution in [0.4, 0.5) is 0 Å². The largest absolute Gasteiger partial charge is 0.349 e. The maximum absolute atomic E-state index is 13.4. The van der Waals surface area contributed by atoms with Gasteiger partial charge in [0.05, 0.1) is 4.90 Å². The summed E-state index contributed by atoms with van der Waals surface area (Å²) in [6.45, 7) is 0.216. The molecule has 0 radical (unpaired) electrons. The number of nitrogens with one attached hydrogen (secondary N) is 2. The van der Waals surface area contributed by atoms with Gasteiger partial charge in [0, 0.05) is 34.9 Å². The van der Waals surface area contributed by atoms with E-state index in [1.807, 2.05) is 6.07 Å². The second-order valence-corrected chi connectivity index (χ2v) is 8.70. The number of hydrogen-bond donors (Lipinski definition) is 2. The molecule has 146 valence electrons. The van der Waals surface area contributed by atoms with Crippen molar-refractivity contribution in [2.45, 2.75) is 16.3 Å². The molecular weight excluding hydrogens is 410 g/mol. The van der Waals surface area contributed by atoms with Gasteiger partial charge in [-0.25, -0.2) is 8.42 Å². The molecule has 2 aromatic carbocycles. The van der Waals surface area contributed by atoms with Gasteiger partial charge in [-0.15, -0.1) is 0 Å². The molecule has 0 bridgehead atoms. The maximum Gasteiger partial charge on any atom is 0.269 e. The number of carbonyl (C=O) groups is 1. The summed E-state index contributed by atoms with van der Waals surface area (Å²) in [7, 11) is -3.96. The normalized spacial score (nSPS) is 11.5. The minimum absolute atomic E-state index is 0.0324. The molecule has 2 heterocycles. The predicted molar refractivity (Wildman–Crippen MR) is 111 cm³/mol. The Morgan fingerprint density at radius 1 is 1.07 bits per heavy atom. The van der Waals surface area contributed by atoms with Crippen LogP contribution in [0.5, 0.6) is 0 Å². The van der Waals surface area contributed by atoms with Crippen LogP contribution in [-0.2, 0) is 16.4 Å². The number of aromatic nitrogens is 2. The number of nitrogens with zero attached hydrogens (tertiary/aromatic N) is 1. The van der Waals surface area contributed by atoms with E-state index in [1.165, 1.54) is 12.1 Å². The third kappa shape index (κ3) is 3.74. The SMILES string of the molecule is O=C(NCc1cccnc1)c1[nH]c2ccc(Cl)cc2c1S(=O)(=O)c1ccccc1. The zero-order valence-electron chi connectivity index (χ0n) is 15.1. The highest BCUT2D eigenvalue weighted by Gasteiger charge is 2.29. The fourth-order valence-electron chi connectivity index (χ4n) is 3.07. The van der Waals surface area contributed by atoms with Crippen molar-refractivity contribution >= 4 is 38.2 Å². The standard InChI is InChI=1S/C21H16ClN3O3S/c22-15-8-9-18-17(11-15)20(29(27,28)16-6-2-1-3-7-16)19(25-18)21(26)24-13-14-5-4-10-23-12-14/h1-12,25H,13H2,(H,24,26). The lowest BCUT2D eigenvalue weighted by Gasteiger charge is -2.08. The number of pyridine rings is 1. The van der Waals surface area contributed by atoms with E-state index in [9.17, 15) is 13.2 Å². The number of hydrogen-bond acceptors (Lipinski definition) is 4. The van der Waals surface area contributed by atoms with Gasteiger partial charge in [-0.2, -0.15) is 0 Å². The summed E-state index contributed by atoms with van der Waals surface area (Å²) in [5.74, 6) is -0.532. The molecule has 0 fully saturated rings. The number of halogens is 1. The van der Waals surface area contributed by atoms with Crippen molar-refractivity contribution in [1.82, 2.24) is 15.3 Å². The molecule has 2 N–H and O–H groups in total. The summed E-state index contributed by atoms with van der Waals surface area (Å²) in [6.07, 6.45) is 3.27. The van der Waals surface area contributed by atoms with E-state index >= 15 is 0 Å². The molecule has 2 aromatic heterocycles. The molecule has 8 heteroatoms. The van der Waals surface area contributed by atoms with Crippen molar-refractivity contribution in [2.75, 3.05) is 0 Å². The van der Waals surface area contributed by atoms with Gasteiger partial charge >= 0.3 is 0 Å². The zero-order valence-corrected chi connectivity index (χ0v) is 16.7. The smallest absolute Gasteiger partial charge is 0.269 e. The lowest BCUT2D eigenvalue weighted by atomic mass is 10.2. The minimum Gasteiger partial charge on any atom is -0.349 e. The van der Waals surface area contributed by atoms with Gasteiger partial charge in [-0.05, 0) is 42.0 Å². The van der Waals surface area contributed by atoms with Gasteiger partial charge in [0.1, 0.15) is 10.6 Å². The topological polar surface area (TPSA) is 91.9 Å². The molecule has 0 aliphatic rings. The van der Waals surface area contributed by atoms with Crippen LogP contribution in [-0.4, -0.2) is 24.3 Å². The number of sulfone groups is 1. The van der Waals surface area contributed by atoms with Crippen molar-refractivity contribution in [2.24, 2.45) is 0 Å². The van der Waals surface area contributed by atoms with Crippen LogP contribution in [0, 0.1) is 0 Å². The Hall–Kier alpha value is -3.16. The van der Waals surface area contributed by atoms with E-state index in [2.05, 4.69) is 15.3 Å². The molecule has 4 rings (SSSR count). The monoisotopic (exact) mass is 425 g/mol. The van der Waals surface area contributed by atoms with Crippen LogP contribution >= 0.6 is 11.6 Å². The lowest BCUT2D eigenvalue weighted by Crippen LogP contribution is -2.25. The second-order valence-electron chi connectivity index (χ2n) is 6.38. The third-order valence-corrected chi connectivity index (χ3v) is 6.53. The Balaban J connectivity index is 1.82. The van der Waals surface area contributed by atoms with Gasteiger partial charge in [-0.3, -0.25) is 9.78 Å². The van der Waals surface area contributed by atoms with Crippen molar-refractivity contribution in [3.63, 3.8) is 0 Å². The first-order valence-corrected chi connectivity index (χ1v) is 10.6. The van der Waals surface area contributed by atoms with Crippen LogP contribution < -0.4 is 5.32 Å². The fraction of sp³-hybridized carbons (Fsp3) is 0.0476. The second kappa shape index (κ2) is 7.69. The number of aromatic amines is 1. The molecule has 4 aromatic rings. The average Bonchev–Trinajstić information content (AvgIpc) is 3.13. The lowest BCUT2D eigenvalue weighted by molar-refractivity contribution is 0.0943. The highest BCUT2D eigenvalue weighted by atomic mass is 35.5.